The number of amides is 1. The molecule has 1 aromatic carbocycles. The van der Waals surface area contributed by atoms with Crippen molar-refractivity contribution < 1.29 is 18.1 Å². The molecule has 8 aliphatic rings. The highest BCUT2D eigenvalue weighted by atomic mass is 19.1. The summed E-state index contributed by atoms with van der Waals surface area (Å²) in [6.07, 6.45) is 8.14. The zero-order valence-corrected chi connectivity index (χ0v) is 20.6. The molecule has 2 aromatic rings. The van der Waals surface area contributed by atoms with E-state index in [0.29, 0.717) is 49.8 Å². The Morgan fingerprint density at radius 1 is 1.06 bits per heavy atom. The molecule has 1 amide bonds. The summed E-state index contributed by atoms with van der Waals surface area (Å²) in [6, 6.07) is 8.22. The molecule has 1 aromatic heterocycles. The van der Waals surface area contributed by atoms with Gasteiger partial charge in [-0.05, 0) is 100 Å². The molecule has 7 heteroatoms. The second-order valence-corrected chi connectivity index (χ2v) is 13.2. The Morgan fingerprint density at radius 2 is 1.81 bits per heavy atom. The molecule has 1 N–H and O–H groups in total. The molecule has 8 fully saturated rings. The summed E-state index contributed by atoms with van der Waals surface area (Å²) >= 11 is 0. The van der Waals surface area contributed by atoms with Crippen LogP contribution in [0, 0.1) is 16.7 Å². The van der Waals surface area contributed by atoms with Crippen molar-refractivity contribution in [2.45, 2.75) is 106 Å². The molecule has 0 radical (unpaired) electrons. The Balaban J connectivity index is 1.12. The monoisotopic (exact) mass is 493 g/mol. The first-order chi connectivity index (χ1) is 17.3. The molecular weight excluding hydrogens is 460 g/mol. The van der Waals surface area contributed by atoms with Gasteiger partial charge in [0.05, 0.1) is 6.04 Å². The molecule has 5 nitrogen and oxygen atoms in total. The van der Waals surface area contributed by atoms with E-state index in [2.05, 4.69) is 39.7 Å². The van der Waals surface area contributed by atoms with Crippen LogP contribution in [0.5, 0.6) is 0 Å². The van der Waals surface area contributed by atoms with Crippen LogP contribution in [0.25, 0.3) is 0 Å². The molecule has 8 saturated carbocycles. The summed E-state index contributed by atoms with van der Waals surface area (Å²) < 4.78 is 36.3. The number of benzene rings is 1. The molecule has 36 heavy (non-hydrogen) atoms. The van der Waals surface area contributed by atoms with Gasteiger partial charge in [0, 0.05) is 16.2 Å². The molecule has 1 heterocycles. The van der Waals surface area contributed by atoms with Crippen LogP contribution in [0.4, 0.5) is 8.78 Å². The number of alkyl halides is 2. The molecule has 0 aliphatic heterocycles. The minimum absolute atomic E-state index is 0.0604. The van der Waals surface area contributed by atoms with Crippen molar-refractivity contribution in [3.05, 3.63) is 47.1 Å². The van der Waals surface area contributed by atoms with Gasteiger partial charge in [0.2, 0.25) is 5.91 Å². The van der Waals surface area contributed by atoms with E-state index in [1.165, 1.54) is 18.4 Å². The van der Waals surface area contributed by atoms with Crippen LogP contribution in [0.15, 0.2) is 28.8 Å². The average Bonchev–Trinajstić information content (AvgIpc) is 3.75. The van der Waals surface area contributed by atoms with Crippen molar-refractivity contribution in [1.82, 2.24) is 15.5 Å². The standard InChI is InChI=1S/C29H33F2N3O2/c30-21-16-26(23-33-25(36-34-23)29(31)10-11-29)6-8-28(21,9-7-26)22(32-24(35)27-13-17(14-27)15-27)20-3-1-2-19(12-20)18-4-5-18/h1-3,12,17-18,21-22H,4-11,13-16H2,(H,32,35). The number of nitrogens with one attached hydrogen (secondary N) is 1. The third kappa shape index (κ3) is 2.94. The zero-order chi connectivity index (χ0) is 24.3. The minimum atomic E-state index is -1.48. The molecule has 8 aliphatic carbocycles. The first-order valence-corrected chi connectivity index (χ1v) is 13.9. The van der Waals surface area contributed by atoms with Crippen LogP contribution in [0.1, 0.15) is 112 Å². The van der Waals surface area contributed by atoms with Gasteiger partial charge in [-0.3, -0.25) is 4.79 Å². The molecule has 0 spiro atoms. The summed E-state index contributed by atoms with van der Waals surface area (Å²) in [7, 11) is 0. The van der Waals surface area contributed by atoms with Crippen LogP contribution in [-0.4, -0.2) is 22.2 Å². The maximum Gasteiger partial charge on any atom is 0.264 e. The van der Waals surface area contributed by atoms with Crippen molar-refractivity contribution in [1.29, 1.82) is 0 Å². The summed E-state index contributed by atoms with van der Waals surface area (Å²) in [5.41, 5.74) is -0.484. The van der Waals surface area contributed by atoms with Crippen LogP contribution in [0.2, 0.25) is 0 Å². The third-order valence-electron chi connectivity index (χ3n) is 11.0. The van der Waals surface area contributed by atoms with Crippen LogP contribution < -0.4 is 5.32 Å². The predicted octanol–water partition coefficient (Wildman–Crippen LogP) is 6.10. The van der Waals surface area contributed by atoms with Crippen LogP contribution >= 0.6 is 0 Å². The summed E-state index contributed by atoms with van der Waals surface area (Å²) in [4.78, 5) is 18.0. The fraction of sp³-hybridized carbons (Fsp3) is 0.690. The van der Waals surface area contributed by atoms with Crippen molar-refractivity contribution >= 4 is 5.91 Å². The first-order valence-electron chi connectivity index (χ1n) is 13.9. The van der Waals surface area contributed by atoms with Gasteiger partial charge >= 0.3 is 0 Å². The van der Waals surface area contributed by atoms with E-state index in [0.717, 1.165) is 37.7 Å². The fourth-order valence-electron chi connectivity index (χ4n) is 8.00. The van der Waals surface area contributed by atoms with E-state index in [-0.39, 0.29) is 23.3 Å². The lowest BCUT2D eigenvalue weighted by molar-refractivity contribution is -0.169. The molecular formula is C29H33F2N3O2. The van der Waals surface area contributed by atoms with Crippen LogP contribution in [-0.2, 0) is 15.9 Å². The molecule has 2 unspecified atom stereocenters. The van der Waals surface area contributed by atoms with E-state index in [9.17, 15) is 9.18 Å². The number of nitrogens with zero attached hydrogens (tertiary/aromatic N) is 2. The number of carbonyl (C=O) groups excluding carboxylic acids is 1. The first kappa shape index (κ1) is 21.7. The number of fused-ring (bicyclic) bond motifs is 3. The quantitative estimate of drug-likeness (QED) is 0.506. The fourth-order valence-corrected chi connectivity index (χ4v) is 8.00. The number of aromatic nitrogens is 2. The minimum Gasteiger partial charge on any atom is -0.348 e. The molecule has 190 valence electrons. The zero-order valence-electron chi connectivity index (χ0n) is 20.6. The van der Waals surface area contributed by atoms with E-state index in [1.807, 2.05) is 0 Å². The van der Waals surface area contributed by atoms with Gasteiger partial charge < -0.3 is 9.84 Å². The van der Waals surface area contributed by atoms with Gasteiger partial charge in [-0.25, -0.2) is 8.78 Å². The normalized spacial score (nSPS) is 40.2. The van der Waals surface area contributed by atoms with Crippen molar-refractivity contribution in [2.24, 2.45) is 16.7 Å². The SMILES string of the molecule is O=C(NC(c1cccc(C2CC2)c1)C12CCC(c3noc(C4(F)CC4)n3)(CC1)CC2F)C12CC(C1)C2. The molecule has 0 saturated heterocycles. The largest absolute Gasteiger partial charge is 0.348 e. The van der Waals surface area contributed by atoms with E-state index >= 15 is 4.39 Å². The highest BCUT2D eigenvalue weighted by molar-refractivity contribution is 5.86. The molecule has 2 atom stereocenters. The lowest BCUT2D eigenvalue weighted by Gasteiger charge is -2.61. The summed E-state index contributed by atoms with van der Waals surface area (Å²) in [6.45, 7) is 0. The Kier molecular flexibility index (Phi) is 4.20. The maximum absolute atomic E-state index is 16.5. The van der Waals surface area contributed by atoms with Crippen molar-refractivity contribution in [2.75, 3.05) is 0 Å². The number of hydrogen-bond acceptors (Lipinski definition) is 4. The highest BCUT2D eigenvalue weighted by Gasteiger charge is 2.64. The summed E-state index contributed by atoms with van der Waals surface area (Å²) in [5.74, 6) is 1.97. The Bertz CT molecular complexity index is 1220. The Morgan fingerprint density at radius 3 is 2.42 bits per heavy atom. The Labute approximate surface area is 209 Å². The van der Waals surface area contributed by atoms with Gasteiger partial charge in [0.1, 0.15) is 6.17 Å². The summed E-state index contributed by atoms with van der Waals surface area (Å²) in [5, 5.41) is 7.58. The van der Waals surface area contributed by atoms with Gasteiger partial charge in [-0.2, -0.15) is 4.98 Å². The van der Waals surface area contributed by atoms with Crippen molar-refractivity contribution in [3.8, 4) is 0 Å². The Hall–Kier alpha value is -2.31. The lowest BCUT2D eigenvalue weighted by atomic mass is 9.44. The number of rotatable bonds is 7. The van der Waals surface area contributed by atoms with Gasteiger partial charge in [0.25, 0.3) is 5.89 Å². The van der Waals surface area contributed by atoms with Crippen molar-refractivity contribution in [3.63, 3.8) is 0 Å². The number of halogens is 2. The maximum atomic E-state index is 16.5. The highest BCUT2D eigenvalue weighted by Crippen LogP contribution is 2.66. The topological polar surface area (TPSA) is 68.0 Å². The smallest absolute Gasteiger partial charge is 0.264 e. The van der Waals surface area contributed by atoms with Gasteiger partial charge in [-0.15, -0.1) is 0 Å². The van der Waals surface area contributed by atoms with E-state index in [1.54, 1.807) is 0 Å². The number of carbonyl (C=O) groups is 1. The van der Waals surface area contributed by atoms with Gasteiger partial charge in [0.15, 0.2) is 11.5 Å². The van der Waals surface area contributed by atoms with E-state index in [4.69, 9.17) is 4.52 Å². The third-order valence-corrected chi connectivity index (χ3v) is 11.0. The second-order valence-electron chi connectivity index (χ2n) is 13.2. The van der Waals surface area contributed by atoms with Gasteiger partial charge in [-0.1, -0.05) is 29.4 Å². The lowest BCUT2D eigenvalue weighted by Crippen LogP contribution is -2.63. The average molecular weight is 494 g/mol. The number of hydrogen-bond donors (Lipinski definition) is 1. The molecule has 4 bridgehead atoms. The second kappa shape index (κ2) is 6.96. The van der Waals surface area contributed by atoms with Crippen LogP contribution in [0.3, 0.4) is 0 Å². The predicted molar refractivity (Wildman–Crippen MR) is 127 cm³/mol. The molecule has 10 rings (SSSR count). The van der Waals surface area contributed by atoms with E-state index < -0.39 is 22.7 Å².